The molecule has 0 spiro atoms. The molecule has 174 valence electrons. The second-order valence-corrected chi connectivity index (χ2v) is 8.25. The smallest absolute Gasteiger partial charge is 0.231 e. The molecule has 9 heteroatoms. The number of anilines is 2. The van der Waals surface area contributed by atoms with Crippen molar-refractivity contribution in [3.63, 3.8) is 0 Å². The van der Waals surface area contributed by atoms with Crippen molar-refractivity contribution < 1.29 is 13.9 Å². The van der Waals surface area contributed by atoms with Gasteiger partial charge in [-0.05, 0) is 54.4 Å². The third kappa shape index (κ3) is 3.76. The molecule has 0 bridgehead atoms. The molecule has 35 heavy (non-hydrogen) atoms. The molecule has 0 amide bonds. The van der Waals surface area contributed by atoms with Gasteiger partial charge in [-0.3, -0.25) is 0 Å². The highest BCUT2D eigenvalue weighted by Crippen LogP contribution is 2.35. The van der Waals surface area contributed by atoms with Crippen LogP contribution in [-0.2, 0) is 6.54 Å². The van der Waals surface area contributed by atoms with Gasteiger partial charge in [-0.2, -0.15) is 4.98 Å². The molecule has 1 aliphatic heterocycles. The van der Waals surface area contributed by atoms with Gasteiger partial charge in [0.05, 0.1) is 16.8 Å². The molecule has 0 radical (unpaired) electrons. The van der Waals surface area contributed by atoms with Crippen LogP contribution in [0, 0.1) is 12.7 Å². The average Bonchev–Trinajstić information content (AvgIpc) is 3.46. The van der Waals surface area contributed by atoms with E-state index in [1.54, 1.807) is 22.9 Å². The Balaban J connectivity index is 1.45. The van der Waals surface area contributed by atoms with Gasteiger partial charge < -0.3 is 20.5 Å². The minimum atomic E-state index is -0.406. The molecule has 1 aliphatic rings. The molecule has 8 nitrogen and oxygen atoms in total. The van der Waals surface area contributed by atoms with E-state index in [1.165, 1.54) is 6.07 Å². The van der Waals surface area contributed by atoms with Crippen molar-refractivity contribution in [3.8, 4) is 28.4 Å². The monoisotopic (exact) mass is 468 g/mol. The van der Waals surface area contributed by atoms with Crippen LogP contribution in [0.4, 0.5) is 16.2 Å². The Morgan fingerprint density at radius 1 is 1.00 bits per heavy atom. The van der Waals surface area contributed by atoms with Crippen LogP contribution >= 0.6 is 0 Å². The standard InChI is InChI=1S/C26H21FN6O2/c1-15-5-4-6-17(11-15)33-24(28)22-23(18-7-2-3-8-19(18)27)30-26(31-25(22)32-33)29-13-16-9-10-20-21(12-16)35-14-34-20/h2-12H,13-14,28H2,1H3,(H,29,31,32). The summed E-state index contributed by atoms with van der Waals surface area (Å²) >= 11 is 0. The minimum Gasteiger partial charge on any atom is -0.454 e. The van der Waals surface area contributed by atoms with E-state index in [0.29, 0.717) is 52.1 Å². The highest BCUT2D eigenvalue weighted by atomic mass is 19.1. The maximum Gasteiger partial charge on any atom is 0.231 e. The first-order valence-electron chi connectivity index (χ1n) is 11.1. The largest absolute Gasteiger partial charge is 0.454 e. The number of nitrogen functional groups attached to an aromatic ring is 1. The number of nitrogens with two attached hydrogens (primary N) is 1. The number of nitrogens with zero attached hydrogens (tertiary/aromatic N) is 4. The number of fused-ring (bicyclic) bond motifs is 2. The summed E-state index contributed by atoms with van der Waals surface area (Å²) in [7, 11) is 0. The van der Waals surface area contributed by atoms with Crippen molar-refractivity contribution >= 4 is 22.8 Å². The first-order chi connectivity index (χ1) is 17.1. The van der Waals surface area contributed by atoms with Gasteiger partial charge in [0.2, 0.25) is 12.7 Å². The molecule has 0 unspecified atom stereocenters. The van der Waals surface area contributed by atoms with Gasteiger partial charge in [-0.15, -0.1) is 5.10 Å². The van der Waals surface area contributed by atoms with Crippen molar-refractivity contribution in [2.24, 2.45) is 0 Å². The number of ether oxygens (including phenoxy) is 2. The number of benzene rings is 3. The molecule has 0 atom stereocenters. The van der Waals surface area contributed by atoms with Crippen molar-refractivity contribution in [2.45, 2.75) is 13.5 Å². The van der Waals surface area contributed by atoms with Crippen LogP contribution < -0.4 is 20.5 Å². The molecule has 3 N–H and O–H groups in total. The summed E-state index contributed by atoms with van der Waals surface area (Å²) in [6.07, 6.45) is 0. The Morgan fingerprint density at radius 2 is 1.86 bits per heavy atom. The SMILES string of the molecule is Cc1cccc(-n2nc3nc(NCc4ccc5c(c4)OCO5)nc(-c4ccccc4F)c3c2N)c1. The Morgan fingerprint density at radius 3 is 2.71 bits per heavy atom. The van der Waals surface area contributed by atoms with Crippen LogP contribution in [0.5, 0.6) is 11.5 Å². The van der Waals surface area contributed by atoms with Crippen molar-refractivity contribution in [2.75, 3.05) is 17.8 Å². The van der Waals surface area contributed by atoms with Crippen molar-refractivity contribution in [3.05, 3.63) is 83.7 Å². The summed E-state index contributed by atoms with van der Waals surface area (Å²) in [5.74, 6) is 1.65. The van der Waals surface area contributed by atoms with Crippen molar-refractivity contribution in [1.29, 1.82) is 0 Å². The predicted octanol–water partition coefficient (Wildman–Crippen LogP) is 4.85. The second-order valence-electron chi connectivity index (χ2n) is 8.25. The van der Waals surface area contributed by atoms with E-state index in [-0.39, 0.29) is 6.79 Å². The summed E-state index contributed by atoms with van der Waals surface area (Å²) < 4.78 is 27.3. The third-order valence-electron chi connectivity index (χ3n) is 5.83. The van der Waals surface area contributed by atoms with Gasteiger partial charge in [0, 0.05) is 12.1 Å². The Labute approximate surface area is 200 Å². The third-order valence-corrected chi connectivity index (χ3v) is 5.83. The quantitative estimate of drug-likeness (QED) is 0.380. The Hall–Kier alpha value is -4.66. The fraction of sp³-hybridized carbons (Fsp3) is 0.115. The first kappa shape index (κ1) is 20.9. The Kier molecular flexibility index (Phi) is 4.95. The lowest BCUT2D eigenvalue weighted by Crippen LogP contribution is -2.05. The fourth-order valence-corrected chi connectivity index (χ4v) is 4.13. The van der Waals surface area contributed by atoms with Gasteiger partial charge in [-0.1, -0.05) is 30.3 Å². The van der Waals surface area contributed by atoms with Gasteiger partial charge in [0.25, 0.3) is 0 Å². The molecule has 6 rings (SSSR count). The first-order valence-corrected chi connectivity index (χ1v) is 11.1. The van der Waals surface area contributed by atoms with Crippen LogP contribution in [0.2, 0.25) is 0 Å². The molecule has 0 saturated heterocycles. The molecule has 3 heterocycles. The lowest BCUT2D eigenvalue weighted by Gasteiger charge is -2.10. The second kappa shape index (κ2) is 8.28. The van der Waals surface area contributed by atoms with Gasteiger partial charge in [0.15, 0.2) is 17.1 Å². The molecule has 2 aromatic heterocycles. The van der Waals surface area contributed by atoms with Crippen molar-refractivity contribution in [1.82, 2.24) is 19.7 Å². The number of aryl methyl sites for hydroxylation is 1. The number of hydrogen-bond acceptors (Lipinski definition) is 7. The maximum atomic E-state index is 14.9. The summed E-state index contributed by atoms with van der Waals surface area (Å²) in [4.78, 5) is 9.25. The molecular weight excluding hydrogens is 447 g/mol. The lowest BCUT2D eigenvalue weighted by molar-refractivity contribution is 0.174. The summed E-state index contributed by atoms with van der Waals surface area (Å²) in [5, 5.41) is 8.36. The minimum absolute atomic E-state index is 0.211. The highest BCUT2D eigenvalue weighted by Gasteiger charge is 2.21. The van der Waals surface area contributed by atoms with E-state index in [2.05, 4.69) is 20.4 Å². The number of nitrogens with one attached hydrogen (secondary N) is 1. The van der Waals surface area contributed by atoms with Crippen LogP contribution in [0.15, 0.2) is 66.7 Å². The van der Waals surface area contributed by atoms with Crippen LogP contribution in [0.1, 0.15) is 11.1 Å². The molecular formula is C26H21FN6O2. The number of hydrogen-bond donors (Lipinski definition) is 2. The van der Waals surface area contributed by atoms with E-state index in [9.17, 15) is 4.39 Å². The number of halogens is 1. The maximum absolute atomic E-state index is 14.9. The lowest BCUT2D eigenvalue weighted by atomic mass is 10.1. The van der Waals surface area contributed by atoms with Gasteiger partial charge >= 0.3 is 0 Å². The van der Waals surface area contributed by atoms with E-state index < -0.39 is 5.82 Å². The van der Waals surface area contributed by atoms with E-state index >= 15 is 0 Å². The molecule has 3 aromatic carbocycles. The Bertz CT molecular complexity index is 1580. The normalized spacial score (nSPS) is 12.3. The van der Waals surface area contributed by atoms with Crippen LogP contribution in [-0.4, -0.2) is 26.5 Å². The summed E-state index contributed by atoms with van der Waals surface area (Å²) in [6.45, 7) is 2.63. The zero-order valence-corrected chi connectivity index (χ0v) is 18.8. The highest BCUT2D eigenvalue weighted by molar-refractivity contribution is 5.99. The van der Waals surface area contributed by atoms with Crippen LogP contribution in [0.25, 0.3) is 28.0 Å². The topological polar surface area (TPSA) is 100 Å². The molecule has 0 fully saturated rings. The summed E-state index contributed by atoms with van der Waals surface area (Å²) in [5.41, 5.74) is 10.4. The van der Waals surface area contributed by atoms with E-state index in [0.717, 1.165) is 16.8 Å². The summed E-state index contributed by atoms with van der Waals surface area (Å²) in [6, 6.07) is 19.9. The zero-order valence-electron chi connectivity index (χ0n) is 18.8. The predicted molar refractivity (Wildman–Crippen MR) is 131 cm³/mol. The average molecular weight is 468 g/mol. The van der Waals surface area contributed by atoms with Gasteiger partial charge in [0.1, 0.15) is 11.6 Å². The zero-order chi connectivity index (χ0) is 23.9. The van der Waals surface area contributed by atoms with Crippen LogP contribution in [0.3, 0.4) is 0 Å². The number of aromatic nitrogens is 4. The molecule has 0 aliphatic carbocycles. The fourth-order valence-electron chi connectivity index (χ4n) is 4.13. The van der Waals surface area contributed by atoms with E-state index in [4.69, 9.17) is 15.2 Å². The van der Waals surface area contributed by atoms with Gasteiger partial charge in [-0.25, -0.2) is 14.1 Å². The molecule has 0 saturated carbocycles. The van der Waals surface area contributed by atoms with E-state index in [1.807, 2.05) is 49.4 Å². The number of rotatable bonds is 5. The molecule has 5 aromatic rings.